The minimum absolute atomic E-state index is 0.139. The molecule has 0 unspecified atom stereocenters. The van der Waals surface area contributed by atoms with E-state index in [1.54, 1.807) is 0 Å². The van der Waals surface area contributed by atoms with Gasteiger partial charge in [0.05, 0.1) is 0 Å². The van der Waals surface area contributed by atoms with Crippen LogP contribution in [0, 0.1) is 5.92 Å². The zero-order valence-corrected chi connectivity index (χ0v) is 18.0. The van der Waals surface area contributed by atoms with Crippen molar-refractivity contribution in [2.24, 2.45) is 5.92 Å². The molecule has 0 aromatic heterocycles. The highest BCUT2D eigenvalue weighted by molar-refractivity contribution is 5.74. The van der Waals surface area contributed by atoms with Crippen LogP contribution in [0.15, 0.2) is 24.3 Å². The summed E-state index contributed by atoms with van der Waals surface area (Å²) in [5, 5.41) is 3.15. The zero-order valence-electron chi connectivity index (χ0n) is 18.0. The lowest BCUT2D eigenvalue weighted by Crippen LogP contribution is -2.46. The predicted molar refractivity (Wildman–Crippen MR) is 120 cm³/mol. The van der Waals surface area contributed by atoms with Crippen molar-refractivity contribution >= 4 is 11.7 Å². The highest BCUT2D eigenvalue weighted by atomic mass is 16.2. The minimum atomic E-state index is 0.139. The summed E-state index contributed by atoms with van der Waals surface area (Å²) in [6, 6.07) is 8.83. The summed E-state index contributed by atoms with van der Waals surface area (Å²) in [6.45, 7) is 8.54. The molecule has 0 aliphatic carbocycles. The van der Waals surface area contributed by atoms with Gasteiger partial charge >= 0.3 is 6.03 Å². The minimum Gasteiger partial charge on any atom is -0.371 e. The van der Waals surface area contributed by atoms with Gasteiger partial charge in [-0.05, 0) is 69.2 Å². The molecule has 2 saturated heterocycles. The summed E-state index contributed by atoms with van der Waals surface area (Å²) in [6.07, 6.45) is 10.0. The summed E-state index contributed by atoms with van der Waals surface area (Å²) in [5.74, 6) is 0.771. The predicted octanol–water partition coefficient (Wildman–Crippen LogP) is 3.74. The molecule has 160 valence electrons. The van der Waals surface area contributed by atoms with Gasteiger partial charge in [-0.15, -0.1) is 0 Å². The Bertz CT molecular complexity index is 648. The number of likely N-dealkylation sites (tertiary alicyclic amines) is 2. The number of urea groups is 1. The molecule has 5 heteroatoms. The second-order valence-corrected chi connectivity index (χ2v) is 9.10. The first-order valence-corrected chi connectivity index (χ1v) is 11.9. The van der Waals surface area contributed by atoms with Crippen LogP contribution in [0.4, 0.5) is 10.5 Å². The lowest BCUT2D eigenvalue weighted by atomic mass is 9.96. The quantitative estimate of drug-likeness (QED) is 0.742. The molecule has 2 amide bonds. The smallest absolute Gasteiger partial charge is 0.317 e. The van der Waals surface area contributed by atoms with E-state index in [1.165, 1.54) is 56.6 Å². The maximum Gasteiger partial charge on any atom is 0.317 e. The van der Waals surface area contributed by atoms with Crippen molar-refractivity contribution in [3.8, 4) is 0 Å². The number of para-hydroxylation sites is 1. The van der Waals surface area contributed by atoms with Gasteiger partial charge in [-0.2, -0.15) is 0 Å². The summed E-state index contributed by atoms with van der Waals surface area (Å²) < 4.78 is 0. The fraction of sp³-hybridized carbons (Fsp3) is 0.708. The Morgan fingerprint density at radius 1 is 0.966 bits per heavy atom. The van der Waals surface area contributed by atoms with Crippen molar-refractivity contribution < 1.29 is 4.79 Å². The largest absolute Gasteiger partial charge is 0.371 e. The standard InChI is InChI=1S/C24H38N4O/c29-24(25-13-7-16-27-19-12-22-8-3-4-9-23(22)27)28-17-10-21(11-18-28)20-26-14-5-1-2-6-15-26/h3-4,8-9,21H,1-2,5-7,10-20H2,(H,25,29). The van der Waals surface area contributed by atoms with E-state index in [1.807, 2.05) is 4.90 Å². The molecule has 0 saturated carbocycles. The fourth-order valence-corrected chi connectivity index (χ4v) is 5.22. The third-order valence-corrected chi connectivity index (χ3v) is 6.98. The summed E-state index contributed by atoms with van der Waals surface area (Å²) >= 11 is 0. The van der Waals surface area contributed by atoms with Gasteiger partial charge in [0.2, 0.25) is 0 Å². The zero-order chi connectivity index (χ0) is 19.9. The van der Waals surface area contributed by atoms with Crippen LogP contribution in [0.25, 0.3) is 0 Å². The highest BCUT2D eigenvalue weighted by Crippen LogP contribution is 2.27. The van der Waals surface area contributed by atoms with E-state index in [2.05, 4.69) is 39.4 Å². The van der Waals surface area contributed by atoms with Crippen LogP contribution in [0.1, 0.15) is 50.5 Å². The van der Waals surface area contributed by atoms with Crippen molar-refractivity contribution in [3.63, 3.8) is 0 Å². The first kappa shape index (κ1) is 20.5. The molecule has 0 radical (unpaired) electrons. The summed E-state index contributed by atoms with van der Waals surface area (Å²) in [5.41, 5.74) is 2.84. The maximum atomic E-state index is 12.5. The normalized spacial score (nSPS) is 21.1. The van der Waals surface area contributed by atoms with E-state index in [9.17, 15) is 4.79 Å². The Morgan fingerprint density at radius 2 is 1.72 bits per heavy atom. The Labute approximate surface area is 176 Å². The Balaban J connectivity index is 1.11. The molecular weight excluding hydrogens is 360 g/mol. The Morgan fingerprint density at radius 3 is 2.52 bits per heavy atom. The van der Waals surface area contributed by atoms with Crippen molar-refractivity contribution in [1.82, 2.24) is 15.1 Å². The molecule has 1 N–H and O–H groups in total. The van der Waals surface area contributed by atoms with Crippen LogP contribution < -0.4 is 10.2 Å². The van der Waals surface area contributed by atoms with E-state index < -0.39 is 0 Å². The van der Waals surface area contributed by atoms with Gasteiger partial charge in [0.25, 0.3) is 0 Å². The summed E-state index contributed by atoms with van der Waals surface area (Å²) in [4.78, 5) is 19.7. The van der Waals surface area contributed by atoms with E-state index in [-0.39, 0.29) is 6.03 Å². The van der Waals surface area contributed by atoms with Crippen molar-refractivity contribution in [2.75, 3.05) is 57.3 Å². The van der Waals surface area contributed by atoms with Gasteiger partial charge < -0.3 is 20.0 Å². The Kier molecular flexibility index (Phi) is 7.31. The van der Waals surface area contributed by atoms with Gasteiger partial charge in [-0.1, -0.05) is 31.0 Å². The van der Waals surface area contributed by atoms with Crippen LogP contribution in [-0.4, -0.2) is 68.2 Å². The third kappa shape index (κ3) is 5.65. The van der Waals surface area contributed by atoms with Crippen LogP contribution in [0.2, 0.25) is 0 Å². The summed E-state index contributed by atoms with van der Waals surface area (Å²) in [7, 11) is 0. The molecule has 1 aromatic carbocycles. The van der Waals surface area contributed by atoms with E-state index in [4.69, 9.17) is 0 Å². The van der Waals surface area contributed by atoms with Crippen molar-refractivity contribution in [3.05, 3.63) is 29.8 Å². The molecule has 2 fully saturated rings. The first-order valence-electron chi connectivity index (χ1n) is 11.9. The first-order chi connectivity index (χ1) is 14.3. The maximum absolute atomic E-state index is 12.5. The second-order valence-electron chi connectivity index (χ2n) is 9.10. The molecule has 29 heavy (non-hydrogen) atoms. The molecule has 3 aliphatic rings. The lowest BCUT2D eigenvalue weighted by Gasteiger charge is -2.34. The number of anilines is 1. The highest BCUT2D eigenvalue weighted by Gasteiger charge is 2.24. The molecular formula is C24H38N4O. The number of piperidine rings is 1. The lowest BCUT2D eigenvalue weighted by molar-refractivity contribution is 0.148. The molecule has 3 aliphatic heterocycles. The topological polar surface area (TPSA) is 38.8 Å². The van der Waals surface area contributed by atoms with Crippen LogP contribution in [-0.2, 0) is 6.42 Å². The molecule has 4 rings (SSSR count). The molecule has 5 nitrogen and oxygen atoms in total. The number of hydrogen-bond donors (Lipinski definition) is 1. The van der Waals surface area contributed by atoms with Crippen LogP contribution in [0.3, 0.4) is 0 Å². The number of hydrogen-bond acceptors (Lipinski definition) is 3. The molecule has 0 spiro atoms. The third-order valence-electron chi connectivity index (χ3n) is 6.98. The van der Waals surface area contributed by atoms with Gasteiger partial charge in [-0.3, -0.25) is 0 Å². The van der Waals surface area contributed by atoms with Gasteiger partial charge in [-0.25, -0.2) is 4.79 Å². The van der Waals surface area contributed by atoms with E-state index >= 15 is 0 Å². The Hall–Kier alpha value is -1.75. The van der Waals surface area contributed by atoms with Gasteiger partial charge in [0.15, 0.2) is 0 Å². The number of nitrogens with one attached hydrogen (secondary N) is 1. The number of nitrogens with zero attached hydrogens (tertiary/aromatic N) is 3. The fourth-order valence-electron chi connectivity index (χ4n) is 5.22. The molecule has 0 atom stereocenters. The van der Waals surface area contributed by atoms with Gasteiger partial charge in [0.1, 0.15) is 0 Å². The molecule has 3 heterocycles. The SMILES string of the molecule is O=C(NCCCN1CCc2ccccc21)N1CCC(CN2CCCCCC2)CC1. The average molecular weight is 399 g/mol. The number of amides is 2. The van der Waals surface area contributed by atoms with E-state index in [0.717, 1.165) is 64.3 Å². The van der Waals surface area contributed by atoms with Crippen molar-refractivity contribution in [1.29, 1.82) is 0 Å². The van der Waals surface area contributed by atoms with Crippen LogP contribution in [0.5, 0.6) is 0 Å². The second kappa shape index (κ2) is 10.3. The number of rotatable bonds is 6. The monoisotopic (exact) mass is 398 g/mol. The number of benzene rings is 1. The molecule has 0 bridgehead atoms. The van der Waals surface area contributed by atoms with Gasteiger partial charge in [0, 0.05) is 45.0 Å². The number of carbonyl (C=O) groups excluding carboxylic acids is 1. The number of fused-ring (bicyclic) bond motifs is 1. The van der Waals surface area contributed by atoms with Crippen LogP contribution >= 0.6 is 0 Å². The molecule has 1 aromatic rings. The van der Waals surface area contributed by atoms with E-state index in [0.29, 0.717) is 0 Å². The van der Waals surface area contributed by atoms with Crippen molar-refractivity contribution in [2.45, 2.75) is 51.4 Å². The number of carbonyl (C=O) groups is 1. The average Bonchev–Trinajstić information content (AvgIpc) is 2.99.